The number of hydrogen-bond donors (Lipinski definition) is 2. The van der Waals surface area contributed by atoms with Gasteiger partial charge in [-0.2, -0.15) is 0 Å². The molecule has 0 spiro atoms. The van der Waals surface area contributed by atoms with E-state index in [4.69, 9.17) is 4.74 Å². The molecule has 0 radical (unpaired) electrons. The number of phenolic OH excluding ortho intramolecular Hbond substituents is 1. The van der Waals surface area contributed by atoms with Gasteiger partial charge in [-0.25, -0.2) is 0 Å². The van der Waals surface area contributed by atoms with E-state index in [1.165, 1.54) is 0 Å². The zero-order valence-electron chi connectivity index (χ0n) is 17.2. The molecular formula is C24H29NO3. The van der Waals surface area contributed by atoms with E-state index < -0.39 is 6.10 Å². The normalized spacial score (nSPS) is 19.1. The van der Waals surface area contributed by atoms with Crippen molar-refractivity contribution in [3.63, 3.8) is 0 Å². The van der Waals surface area contributed by atoms with Crippen LogP contribution in [0.25, 0.3) is 0 Å². The van der Waals surface area contributed by atoms with Gasteiger partial charge in [0.2, 0.25) is 0 Å². The van der Waals surface area contributed by atoms with Gasteiger partial charge in [-0.1, -0.05) is 44.2 Å². The molecule has 0 saturated heterocycles. The molecule has 4 nitrogen and oxygen atoms in total. The Balaban J connectivity index is 2.13. The number of phenols is 1. The number of carbonyl (C=O) groups is 1. The Labute approximate surface area is 167 Å². The summed E-state index contributed by atoms with van der Waals surface area (Å²) in [6.45, 7) is 10.3. The van der Waals surface area contributed by atoms with Crippen molar-refractivity contribution in [2.24, 2.45) is 0 Å². The maximum Gasteiger partial charge on any atom is 0.198 e. The second kappa shape index (κ2) is 7.70. The summed E-state index contributed by atoms with van der Waals surface area (Å²) in [7, 11) is 0. The Hall–Kier alpha value is -2.75. The van der Waals surface area contributed by atoms with Gasteiger partial charge in [-0.15, -0.1) is 0 Å². The number of Topliss-reactive ketones (excluding diaryl/α,β-unsaturated/α-hetero) is 1. The monoisotopic (exact) mass is 379 g/mol. The van der Waals surface area contributed by atoms with Gasteiger partial charge in [0.25, 0.3) is 0 Å². The van der Waals surface area contributed by atoms with Crippen LogP contribution in [0, 0.1) is 0 Å². The first-order chi connectivity index (χ1) is 13.2. The molecule has 2 aromatic rings. The number of aromatic hydroxyl groups is 1. The molecule has 148 valence electrons. The fraction of sp³-hybridized carbons (Fsp3) is 0.375. The third-order valence-electron chi connectivity index (χ3n) is 5.11. The van der Waals surface area contributed by atoms with E-state index in [1.807, 2.05) is 51.1 Å². The van der Waals surface area contributed by atoms with E-state index >= 15 is 0 Å². The number of ketones is 1. The van der Waals surface area contributed by atoms with Crippen molar-refractivity contribution in [3.8, 4) is 11.5 Å². The molecule has 0 bridgehead atoms. The largest absolute Gasteiger partial charge is 0.507 e. The van der Waals surface area contributed by atoms with Crippen LogP contribution in [0.1, 0.15) is 74.5 Å². The summed E-state index contributed by atoms with van der Waals surface area (Å²) in [5.41, 5.74) is 2.32. The maximum atomic E-state index is 13.2. The van der Waals surface area contributed by atoms with Crippen molar-refractivity contribution in [1.29, 1.82) is 0 Å². The van der Waals surface area contributed by atoms with Gasteiger partial charge in [0.15, 0.2) is 11.9 Å². The minimum atomic E-state index is -0.666. The quantitative estimate of drug-likeness (QED) is 0.689. The Bertz CT molecular complexity index is 908. The summed E-state index contributed by atoms with van der Waals surface area (Å²) in [4.78, 5) is 13.2. The van der Waals surface area contributed by atoms with E-state index in [9.17, 15) is 9.90 Å². The Morgan fingerprint density at radius 2 is 1.89 bits per heavy atom. The van der Waals surface area contributed by atoms with Gasteiger partial charge < -0.3 is 15.2 Å². The molecule has 28 heavy (non-hydrogen) atoms. The van der Waals surface area contributed by atoms with Gasteiger partial charge in [-0.05, 0) is 50.8 Å². The van der Waals surface area contributed by atoms with Crippen LogP contribution in [-0.2, 0) is 0 Å². The fourth-order valence-electron chi connectivity index (χ4n) is 3.30. The van der Waals surface area contributed by atoms with Gasteiger partial charge >= 0.3 is 0 Å². The van der Waals surface area contributed by atoms with E-state index in [0.717, 1.165) is 12.0 Å². The molecule has 1 aliphatic heterocycles. The molecule has 1 aliphatic rings. The average Bonchev–Trinajstić information content (AvgIpc) is 2.66. The zero-order valence-corrected chi connectivity index (χ0v) is 17.2. The van der Waals surface area contributed by atoms with Crippen molar-refractivity contribution >= 4 is 5.78 Å². The minimum Gasteiger partial charge on any atom is -0.507 e. The Morgan fingerprint density at radius 3 is 2.57 bits per heavy atom. The zero-order chi connectivity index (χ0) is 20.5. The van der Waals surface area contributed by atoms with Crippen molar-refractivity contribution in [1.82, 2.24) is 5.32 Å². The molecule has 0 saturated carbocycles. The second-order valence-corrected chi connectivity index (χ2v) is 8.41. The number of nitrogens with one attached hydrogen (secondary N) is 1. The van der Waals surface area contributed by atoms with Crippen LogP contribution in [0.4, 0.5) is 0 Å². The topological polar surface area (TPSA) is 58.6 Å². The number of carbonyl (C=O) groups excluding carboxylic acids is 1. The summed E-state index contributed by atoms with van der Waals surface area (Å²) >= 11 is 0. The third kappa shape index (κ3) is 3.91. The molecular weight excluding hydrogens is 350 g/mol. The molecule has 1 heterocycles. The van der Waals surface area contributed by atoms with Crippen LogP contribution in [0.15, 0.2) is 54.2 Å². The molecule has 2 unspecified atom stereocenters. The lowest BCUT2D eigenvalue weighted by molar-refractivity contribution is 0.0958. The predicted molar refractivity (Wildman–Crippen MR) is 112 cm³/mol. The molecule has 2 N–H and O–H groups in total. The fourth-order valence-corrected chi connectivity index (χ4v) is 3.30. The molecule has 0 amide bonds. The van der Waals surface area contributed by atoms with Gasteiger partial charge in [0, 0.05) is 17.3 Å². The first-order valence-corrected chi connectivity index (χ1v) is 9.83. The number of rotatable bonds is 4. The number of hydrogen-bond acceptors (Lipinski definition) is 4. The molecule has 0 aliphatic carbocycles. The minimum absolute atomic E-state index is 0.0862. The van der Waals surface area contributed by atoms with E-state index in [2.05, 4.69) is 19.2 Å². The smallest absolute Gasteiger partial charge is 0.198 e. The Morgan fingerprint density at radius 1 is 1.18 bits per heavy atom. The highest BCUT2D eigenvalue weighted by Gasteiger charge is 2.35. The summed E-state index contributed by atoms with van der Waals surface area (Å²) in [5.74, 6) is 0.873. The SMILES string of the molecule is CCC(C)c1cccc(C2Oc3ccccc3C(=O)/C2=C\NC(C)(C)C)c1O. The van der Waals surface area contributed by atoms with Crippen molar-refractivity contribution < 1.29 is 14.6 Å². The summed E-state index contributed by atoms with van der Waals surface area (Å²) in [6.07, 6.45) is 1.98. The van der Waals surface area contributed by atoms with Crippen molar-refractivity contribution in [2.75, 3.05) is 0 Å². The Kier molecular flexibility index (Phi) is 5.50. The standard InChI is InChI=1S/C24H29NO3/c1-6-15(2)16-11-9-12-18(21(16)26)23-19(14-25-24(3,4)5)22(27)17-10-7-8-13-20(17)28-23/h7-15,23,25-26H,6H2,1-5H3/b19-14+. The number of para-hydroxylation sites is 2. The van der Waals surface area contributed by atoms with Crippen LogP contribution in [0.2, 0.25) is 0 Å². The first-order valence-electron chi connectivity index (χ1n) is 9.83. The van der Waals surface area contributed by atoms with Crippen LogP contribution in [-0.4, -0.2) is 16.4 Å². The van der Waals surface area contributed by atoms with E-state index in [0.29, 0.717) is 22.4 Å². The van der Waals surface area contributed by atoms with Crippen LogP contribution in [0.5, 0.6) is 11.5 Å². The van der Waals surface area contributed by atoms with E-state index in [1.54, 1.807) is 18.3 Å². The molecule has 2 aromatic carbocycles. The van der Waals surface area contributed by atoms with E-state index in [-0.39, 0.29) is 23.0 Å². The maximum absolute atomic E-state index is 13.2. The lowest BCUT2D eigenvalue weighted by atomic mass is 9.88. The molecule has 2 atom stereocenters. The van der Waals surface area contributed by atoms with Crippen molar-refractivity contribution in [2.45, 2.75) is 58.6 Å². The molecule has 0 fully saturated rings. The third-order valence-corrected chi connectivity index (χ3v) is 5.11. The lowest BCUT2D eigenvalue weighted by Gasteiger charge is -2.30. The number of ether oxygens (including phenoxy) is 1. The highest BCUT2D eigenvalue weighted by Crippen LogP contribution is 2.43. The summed E-state index contributed by atoms with van der Waals surface area (Å²) in [5, 5.41) is 14.3. The highest BCUT2D eigenvalue weighted by atomic mass is 16.5. The lowest BCUT2D eigenvalue weighted by Crippen LogP contribution is -2.34. The van der Waals surface area contributed by atoms with Gasteiger partial charge in [0.1, 0.15) is 11.5 Å². The van der Waals surface area contributed by atoms with Crippen molar-refractivity contribution in [3.05, 3.63) is 70.9 Å². The van der Waals surface area contributed by atoms with Gasteiger partial charge in [0.05, 0.1) is 11.1 Å². The number of benzene rings is 2. The van der Waals surface area contributed by atoms with Crippen LogP contribution >= 0.6 is 0 Å². The first kappa shape index (κ1) is 20.0. The van der Waals surface area contributed by atoms with Crippen LogP contribution < -0.4 is 10.1 Å². The average molecular weight is 380 g/mol. The molecule has 4 heteroatoms. The summed E-state index contributed by atoms with van der Waals surface area (Å²) < 4.78 is 6.23. The van der Waals surface area contributed by atoms with Gasteiger partial charge in [-0.3, -0.25) is 4.79 Å². The number of fused-ring (bicyclic) bond motifs is 1. The second-order valence-electron chi connectivity index (χ2n) is 8.41. The predicted octanol–water partition coefficient (Wildman–Crippen LogP) is 5.49. The molecule has 3 rings (SSSR count). The highest BCUT2D eigenvalue weighted by molar-refractivity contribution is 6.12. The summed E-state index contributed by atoms with van der Waals surface area (Å²) in [6, 6.07) is 12.9. The molecule has 0 aromatic heterocycles. The van der Waals surface area contributed by atoms with Crippen LogP contribution in [0.3, 0.4) is 0 Å².